The highest BCUT2D eigenvalue weighted by molar-refractivity contribution is 14.1. The average molecular weight is 1620 g/mol. The van der Waals surface area contributed by atoms with Gasteiger partial charge in [-0.15, -0.1) is 0 Å². The highest BCUT2D eigenvalue weighted by Crippen LogP contribution is 2.52. The molecule has 536 valence electrons. The molecule has 0 heterocycles. The lowest BCUT2D eigenvalue weighted by Crippen LogP contribution is -2.29. The molecule has 0 atom stereocenters. The molecule has 3 fully saturated rings. The minimum atomic E-state index is -5.33. The molecule has 0 spiro atoms. The summed E-state index contributed by atoms with van der Waals surface area (Å²) in [6.45, 7) is 6.60. The van der Waals surface area contributed by atoms with Gasteiger partial charge in [-0.05, 0) is 209 Å². The molecular formula is C71H79BF18I2O5. The number of aromatic hydroxyl groups is 2. The van der Waals surface area contributed by atoms with Crippen molar-refractivity contribution in [3.63, 3.8) is 0 Å². The second-order valence-electron chi connectivity index (χ2n) is 24.6. The van der Waals surface area contributed by atoms with E-state index < -0.39 is 110 Å². The second kappa shape index (κ2) is 36.0. The summed E-state index contributed by atoms with van der Waals surface area (Å²) in [5.74, 6) is 0.00865. The van der Waals surface area contributed by atoms with E-state index in [0.29, 0.717) is 35.3 Å². The summed E-state index contributed by atoms with van der Waals surface area (Å²) < 4.78 is 241. The molecule has 97 heavy (non-hydrogen) atoms. The van der Waals surface area contributed by atoms with Crippen molar-refractivity contribution in [3.8, 4) is 39.5 Å². The minimum Gasteiger partial charge on any atom is -0.507 e. The average Bonchev–Trinajstić information content (AvgIpc) is 0.766. The van der Waals surface area contributed by atoms with E-state index in [9.17, 15) is 84.1 Å². The first kappa shape index (κ1) is 82.6. The van der Waals surface area contributed by atoms with Crippen LogP contribution in [-0.4, -0.2) is 39.4 Å². The van der Waals surface area contributed by atoms with Crippen LogP contribution in [0.25, 0.3) is 22.3 Å². The van der Waals surface area contributed by atoms with Gasteiger partial charge in [0.25, 0.3) is 0 Å². The fourth-order valence-corrected chi connectivity index (χ4v) is 14.3. The van der Waals surface area contributed by atoms with Crippen LogP contribution in [0.4, 0.5) is 79.0 Å². The van der Waals surface area contributed by atoms with E-state index in [-0.39, 0.29) is 11.1 Å². The summed E-state index contributed by atoms with van der Waals surface area (Å²) in [5.41, 5.74) is -8.32. The molecule has 9 rings (SSSR count). The Hall–Kier alpha value is -5.10. The van der Waals surface area contributed by atoms with Crippen LogP contribution in [0.15, 0.2) is 109 Å². The highest BCUT2D eigenvalue weighted by atomic mass is 127. The van der Waals surface area contributed by atoms with Gasteiger partial charge in [0.2, 0.25) is 0 Å². The SMILES string of the molecule is CCCC1CCC(c2ccc(-c3ccc(O)c(C(F)(F)F)c3C(F)(F)F)cc2)CC1.CCCC1CCC(c2ccc(-c3ccc(OC)c(C(F)(F)F)c3C(F)(F)F)cc2)CC1.CCCC1CCC(c2ccc(B(O)O)cc2)CC1.CI.Oc1ccc(I)c(C(F)(F)F)c1C(F)(F)F. The number of benzene rings is 6. The molecule has 0 bridgehead atoms. The third-order valence-corrected chi connectivity index (χ3v) is 19.0. The number of alkyl halides is 19. The highest BCUT2D eigenvalue weighted by Gasteiger charge is 2.50. The number of hydrogen-bond donors (Lipinski definition) is 4. The molecule has 0 radical (unpaired) electrons. The Morgan fingerprint density at radius 2 is 0.649 bits per heavy atom. The van der Waals surface area contributed by atoms with E-state index in [4.69, 9.17) is 15.2 Å². The number of rotatable bonds is 13. The zero-order chi connectivity index (χ0) is 72.6. The van der Waals surface area contributed by atoms with Crippen molar-refractivity contribution in [3.05, 3.63) is 163 Å². The van der Waals surface area contributed by atoms with Gasteiger partial charge in [0, 0.05) is 3.57 Å². The Kier molecular flexibility index (Phi) is 30.6. The number of hydrogen-bond acceptors (Lipinski definition) is 5. The maximum absolute atomic E-state index is 13.8. The van der Waals surface area contributed by atoms with Crippen molar-refractivity contribution in [1.29, 1.82) is 0 Å². The molecule has 0 amide bonds. The van der Waals surface area contributed by atoms with Crippen molar-refractivity contribution < 1.29 is 104 Å². The fraction of sp³-hybridized carbons (Fsp3) is 0.493. The van der Waals surface area contributed by atoms with Crippen LogP contribution in [-0.2, 0) is 37.1 Å². The summed E-state index contributed by atoms with van der Waals surface area (Å²) in [7, 11) is -0.423. The van der Waals surface area contributed by atoms with Gasteiger partial charge in [0.15, 0.2) is 0 Å². The summed E-state index contributed by atoms with van der Waals surface area (Å²) in [5, 5.41) is 36.6. The molecule has 4 N–H and O–H groups in total. The molecule has 3 saturated carbocycles. The van der Waals surface area contributed by atoms with Crippen molar-refractivity contribution in [2.75, 3.05) is 12.0 Å². The molecule has 3 aliphatic rings. The van der Waals surface area contributed by atoms with Crippen LogP contribution >= 0.6 is 45.2 Å². The molecule has 0 aromatic heterocycles. The summed E-state index contributed by atoms with van der Waals surface area (Å²) in [6.07, 6.45) is -10.2. The topological polar surface area (TPSA) is 90.2 Å². The van der Waals surface area contributed by atoms with Crippen LogP contribution in [0.1, 0.15) is 204 Å². The number of methoxy groups -OCH3 is 1. The molecule has 3 aliphatic carbocycles. The van der Waals surface area contributed by atoms with E-state index in [1.54, 1.807) is 24.3 Å². The van der Waals surface area contributed by atoms with Gasteiger partial charge in [0.05, 0.1) is 23.8 Å². The molecule has 6 aromatic carbocycles. The van der Waals surface area contributed by atoms with Crippen LogP contribution in [0.3, 0.4) is 0 Å². The van der Waals surface area contributed by atoms with E-state index in [1.165, 1.54) is 81.2 Å². The first-order valence-electron chi connectivity index (χ1n) is 31.9. The van der Waals surface area contributed by atoms with Gasteiger partial charge in [-0.25, -0.2) is 0 Å². The van der Waals surface area contributed by atoms with Crippen LogP contribution in [0.2, 0.25) is 0 Å². The maximum atomic E-state index is 13.8. The Labute approximate surface area is 581 Å². The van der Waals surface area contributed by atoms with Crippen LogP contribution in [0.5, 0.6) is 17.2 Å². The zero-order valence-electron chi connectivity index (χ0n) is 53.9. The smallest absolute Gasteiger partial charge is 0.488 e. The zero-order valence-corrected chi connectivity index (χ0v) is 58.2. The van der Waals surface area contributed by atoms with Crippen LogP contribution in [0, 0.1) is 21.3 Å². The Morgan fingerprint density at radius 3 is 0.928 bits per heavy atom. The van der Waals surface area contributed by atoms with Gasteiger partial charge < -0.3 is 25.0 Å². The van der Waals surface area contributed by atoms with Gasteiger partial charge in [-0.3, -0.25) is 0 Å². The molecule has 0 aliphatic heterocycles. The first-order chi connectivity index (χ1) is 45.3. The van der Waals surface area contributed by atoms with E-state index >= 15 is 0 Å². The predicted molar refractivity (Wildman–Crippen MR) is 358 cm³/mol. The molecule has 0 unspecified atom stereocenters. The predicted octanol–water partition coefficient (Wildman–Crippen LogP) is 24.2. The number of phenolic OH excluding ortho intramolecular Hbond substituents is 2. The first-order valence-corrected chi connectivity index (χ1v) is 35.1. The Balaban J connectivity index is 0.000000240. The molecule has 0 saturated heterocycles. The van der Waals surface area contributed by atoms with E-state index in [1.807, 2.05) is 17.1 Å². The van der Waals surface area contributed by atoms with Crippen LogP contribution < -0.4 is 10.2 Å². The molecular weight excluding hydrogens is 1540 g/mol. The maximum Gasteiger partial charge on any atom is 0.488 e. The van der Waals surface area contributed by atoms with Gasteiger partial charge in [-0.2, -0.15) is 79.0 Å². The monoisotopic (exact) mass is 1620 g/mol. The second-order valence-corrected chi connectivity index (χ2v) is 25.7. The van der Waals surface area contributed by atoms with Crippen molar-refractivity contribution in [2.24, 2.45) is 17.8 Å². The normalized spacial score (nSPS) is 19.3. The lowest BCUT2D eigenvalue weighted by Gasteiger charge is -2.28. The van der Waals surface area contributed by atoms with Crippen molar-refractivity contribution in [1.82, 2.24) is 0 Å². The van der Waals surface area contributed by atoms with E-state index in [0.717, 1.165) is 147 Å². The fourth-order valence-electron chi connectivity index (χ4n) is 13.5. The third-order valence-electron chi connectivity index (χ3n) is 18.1. The van der Waals surface area contributed by atoms with Crippen molar-refractivity contribution in [2.45, 2.75) is 191 Å². The summed E-state index contributed by atoms with van der Waals surface area (Å²) in [6, 6.07) is 25.4. The standard InChI is InChI=1S/C24H26F6O.C23H24F6O.C15H23BO2.C8H3F6IO.CH3I/c1-3-4-15-5-7-16(8-6-15)17-9-11-18(12-10-17)19-13-14-20(31-2)22(24(28,29)30)21(19)23(25,26)27;1-2-3-14-4-6-15(7-5-14)16-8-10-17(11-9-16)18-12-13-19(30)21(23(27,28)29)20(18)22(24,25)26;1-2-3-12-4-6-13(7-5-12)14-8-10-15(11-9-14)16(17)18;9-7(10,11)5-3(15)1-2-4(16)6(5)8(12,13)14;1-2/h9-16H,3-8H2,1-2H3;8-15,30H,2-7H2,1H3;8-13,17-18H,2-7H2,1H3;1-2,16H;1H3. The van der Waals surface area contributed by atoms with Gasteiger partial charge >= 0.3 is 44.2 Å². The lowest BCUT2D eigenvalue weighted by molar-refractivity contribution is -0.163. The largest absolute Gasteiger partial charge is 0.507 e. The third kappa shape index (κ3) is 23.0. The number of halogens is 20. The number of phenols is 2. The molecule has 5 nitrogen and oxygen atoms in total. The van der Waals surface area contributed by atoms with Crippen molar-refractivity contribution >= 4 is 57.8 Å². The molecule has 6 aromatic rings. The Bertz CT molecular complexity index is 3340. The lowest BCUT2D eigenvalue weighted by atomic mass is 9.75. The minimum absolute atomic E-state index is 0.0382. The summed E-state index contributed by atoms with van der Waals surface area (Å²) in [4.78, 5) is 1.97. The quantitative estimate of drug-likeness (QED) is 0.0400. The molecule has 26 heteroatoms. The van der Waals surface area contributed by atoms with Gasteiger partial charge in [0.1, 0.15) is 33.9 Å². The Morgan fingerprint density at radius 1 is 0.371 bits per heavy atom. The van der Waals surface area contributed by atoms with Gasteiger partial charge in [-0.1, -0.05) is 167 Å². The van der Waals surface area contributed by atoms with E-state index in [2.05, 4.69) is 60.2 Å². The number of ether oxygens (including phenoxy) is 1. The summed E-state index contributed by atoms with van der Waals surface area (Å²) >= 11 is 3.29.